The lowest BCUT2D eigenvalue weighted by molar-refractivity contribution is 0.102. The second-order valence-electron chi connectivity index (χ2n) is 4.50. The molecular weight excluding hydrogens is 497 g/mol. The lowest BCUT2D eigenvalue weighted by Gasteiger charge is -2.11. The molecule has 0 bridgehead atoms. The fraction of sp³-hybridized carbons (Fsp3) is 0.133. The van der Waals surface area contributed by atoms with Crippen molar-refractivity contribution in [1.29, 1.82) is 0 Å². The highest BCUT2D eigenvalue weighted by Gasteiger charge is 2.12. The molecule has 2 aromatic carbocycles. The Balaban J connectivity index is 2.30. The molecule has 0 spiro atoms. The average molecular weight is 509 g/mol. The van der Waals surface area contributed by atoms with Crippen molar-refractivity contribution in [2.75, 3.05) is 5.32 Å². The third-order valence-electron chi connectivity index (χ3n) is 2.87. The highest BCUT2D eigenvalue weighted by Crippen LogP contribution is 2.26. The maximum Gasteiger partial charge on any atom is 0.256 e. The molecule has 1 N–H and O–H groups in total. The Bertz CT molecular complexity index is 663. The largest absolute Gasteiger partial charge is 0.322 e. The topological polar surface area (TPSA) is 29.1 Å². The number of anilines is 1. The van der Waals surface area contributed by atoms with Gasteiger partial charge in [0.25, 0.3) is 5.91 Å². The van der Waals surface area contributed by atoms with Crippen LogP contribution in [0.5, 0.6) is 0 Å². The molecule has 0 aliphatic carbocycles. The van der Waals surface area contributed by atoms with Gasteiger partial charge in [0.05, 0.1) is 5.56 Å². The standard InChI is InChI=1S/C15H12Br2INO/c1-8-5-11(6-9(2)14(8)17)19-15(20)12-7-10(16)3-4-13(12)18/h3-7H,1-2H3,(H,19,20). The van der Waals surface area contributed by atoms with Gasteiger partial charge in [-0.3, -0.25) is 4.79 Å². The van der Waals surface area contributed by atoms with E-state index in [-0.39, 0.29) is 5.91 Å². The molecule has 0 radical (unpaired) electrons. The molecule has 20 heavy (non-hydrogen) atoms. The van der Waals surface area contributed by atoms with E-state index in [1.54, 1.807) is 0 Å². The number of amides is 1. The molecule has 0 aliphatic rings. The molecule has 1 amide bonds. The van der Waals surface area contributed by atoms with Crippen LogP contribution in [0.4, 0.5) is 5.69 Å². The predicted molar refractivity (Wildman–Crippen MR) is 98.4 cm³/mol. The summed E-state index contributed by atoms with van der Waals surface area (Å²) in [7, 11) is 0. The minimum atomic E-state index is -0.100. The highest BCUT2D eigenvalue weighted by molar-refractivity contribution is 14.1. The highest BCUT2D eigenvalue weighted by atomic mass is 127. The maximum absolute atomic E-state index is 12.3. The summed E-state index contributed by atoms with van der Waals surface area (Å²) in [5.41, 5.74) is 3.68. The molecule has 0 fully saturated rings. The van der Waals surface area contributed by atoms with Crippen LogP contribution < -0.4 is 5.32 Å². The first-order chi connectivity index (χ1) is 9.38. The van der Waals surface area contributed by atoms with Gasteiger partial charge in [0, 0.05) is 18.2 Å². The number of hydrogen-bond donors (Lipinski definition) is 1. The zero-order valence-electron chi connectivity index (χ0n) is 10.9. The van der Waals surface area contributed by atoms with Crippen LogP contribution in [0.25, 0.3) is 0 Å². The Labute approximate surface area is 148 Å². The van der Waals surface area contributed by atoms with Crippen molar-refractivity contribution in [3.05, 3.63) is 59.5 Å². The summed E-state index contributed by atoms with van der Waals surface area (Å²) in [4.78, 5) is 12.3. The molecule has 5 heteroatoms. The third-order valence-corrected chi connectivity index (χ3v) is 5.55. The van der Waals surface area contributed by atoms with Crippen molar-refractivity contribution in [3.63, 3.8) is 0 Å². The minimum Gasteiger partial charge on any atom is -0.322 e. The Morgan fingerprint density at radius 3 is 2.30 bits per heavy atom. The number of carbonyl (C=O) groups excluding carboxylic acids is 1. The van der Waals surface area contributed by atoms with Crippen LogP contribution in [-0.2, 0) is 0 Å². The summed E-state index contributed by atoms with van der Waals surface area (Å²) in [6, 6.07) is 9.58. The van der Waals surface area contributed by atoms with Crippen molar-refractivity contribution < 1.29 is 4.79 Å². The first-order valence-corrected chi connectivity index (χ1v) is 8.58. The van der Waals surface area contributed by atoms with Gasteiger partial charge in [0.15, 0.2) is 0 Å². The lowest BCUT2D eigenvalue weighted by Crippen LogP contribution is -2.13. The van der Waals surface area contributed by atoms with E-state index in [2.05, 4.69) is 59.8 Å². The van der Waals surface area contributed by atoms with Crippen LogP contribution in [0, 0.1) is 17.4 Å². The van der Waals surface area contributed by atoms with Gasteiger partial charge in [-0.2, -0.15) is 0 Å². The summed E-state index contributed by atoms with van der Waals surface area (Å²) in [5, 5.41) is 2.95. The summed E-state index contributed by atoms with van der Waals surface area (Å²) in [5.74, 6) is -0.100. The summed E-state index contributed by atoms with van der Waals surface area (Å²) < 4.78 is 2.90. The Kier molecular flexibility index (Phi) is 5.25. The Morgan fingerprint density at radius 1 is 1.10 bits per heavy atom. The number of aryl methyl sites for hydroxylation is 2. The molecule has 0 aliphatic heterocycles. The summed E-state index contributed by atoms with van der Waals surface area (Å²) in [6.45, 7) is 4.02. The molecule has 0 aromatic heterocycles. The van der Waals surface area contributed by atoms with Crippen LogP contribution in [0.3, 0.4) is 0 Å². The van der Waals surface area contributed by atoms with Crippen molar-refractivity contribution in [1.82, 2.24) is 0 Å². The van der Waals surface area contributed by atoms with Crippen LogP contribution in [0.1, 0.15) is 21.5 Å². The third kappa shape index (κ3) is 3.62. The molecule has 2 aromatic rings. The normalized spacial score (nSPS) is 10.4. The smallest absolute Gasteiger partial charge is 0.256 e. The number of hydrogen-bond acceptors (Lipinski definition) is 1. The number of halogens is 3. The van der Waals surface area contributed by atoms with Crippen molar-refractivity contribution >= 4 is 66.0 Å². The van der Waals surface area contributed by atoms with Gasteiger partial charge in [-0.15, -0.1) is 0 Å². The van der Waals surface area contributed by atoms with Gasteiger partial charge >= 0.3 is 0 Å². The van der Waals surface area contributed by atoms with Crippen molar-refractivity contribution in [2.45, 2.75) is 13.8 Å². The fourth-order valence-electron chi connectivity index (χ4n) is 1.89. The molecular formula is C15H12Br2INO. The average Bonchev–Trinajstić information content (AvgIpc) is 2.38. The number of carbonyl (C=O) groups is 1. The maximum atomic E-state index is 12.3. The van der Waals surface area contributed by atoms with Gasteiger partial charge in [0.1, 0.15) is 0 Å². The van der Waals surface area contributed by atoms with Gasteiger partial charge in [-0.1, -0.05) is 31.9 Å². The van der Waals surface area contributed by atoms with E-state index in [0.29, 0.717) is 5.56 Å². The Hall–Kier alpha value is -0.400. The number of rotatable bonds is 2. The summed E-state index contributed by atoms with van der Waals surface area (Å²) >= 11 is 9.08. The predicted octanol–water partition coefficient (Wildman–Crippen LogP) is 5.69. The quantitative estimate of drug-likeness (QED) is 0.519. The monoisotopic (exact) mass is 507 g/mol. The second-order valence-corrected chi connectivity index (χ2v) is 7.37. The molecule has 2 rings (SSSR count). The molecule has 0 saturated heterocycles. The van der Waals surface area contributed by atoms with E-state index in [4.69, 9.17) is 0 Å². The van der Waals surface area contributed by atoms with Crippen molar-refractivity contribution in [2.24, 2.45) is 0 Å². The van der Waals surface area contributed by atoms with E-state index < -0.39 is 0 Å². The fourth-order valence-corrected chi connectivity index (χ4v) is 3.06. The van der Waals surface area contributed by atoms with E-state index in [9.17, 15) is 4.79 Å². The molecule has 104 valence electrons. The van der Waals surface area contributed by atoms with Gasteiger partial charge < -0.3 is 5.32 Å². The van der Waals surface area contributed by atoms with E-state index in [1.807, 2.05) is 44.2 Å². The molecule has 0 saturated carbocycles. The Morgan fingerprint density at radius 2 is 1.70 bits per heavy atom. The van der Waals surface area contributed by atoms with E-state index >= 15 is 0 Å². The second kappa shape index (κ2) is 6.58. The molecule has 0 atom stereocenters. The van der Waals surface area contributed by atoms with E-state index in [1.165, 1.54) is 0 Å². The SMILES string of the molecule is Cc1cc(NC(=O)c2cc(Br)ccc2I)cc(C)c1Br. The zero-order valence-corrected chi connectivity index (χ0v) is 16.3. The lowest BCUT2D eigenvalue weighted by atomic mass is 10.1. The molecule has 0 unspecified atom stereocenters. The van der Waals surface area contributed by atoms with Gasteiger partial charge in [-0.05, 0) is 77.9 Å². The first kappa shape index (κ1) is 16.0. The van der Waals surface area contributed by atoms with Crippen LogP contribution >= 0.6 is 54.5 Å². The zero-order chi connectivity index (χ0) is 14.9. The van der Waals surface area contributed by atoms with Crippen LogP contribution in [0.2, 0.25) is 0 Å². The first-order valence-electron chi connectivity index (χ1n) is 5.91. The van der Waals surface area contributed by atoms with Crippen LogP contribution in [-0.4, -0.2) is 5.91 Å². The van der Waals surface area contributed by atoms with E-state index in [0.717, 1.165) is 29.3 Å². The molecule has 0 heterocycles. The van der Waals surface area contributed by atoms with Gasteiger partial charge in [-0.25, -0.2) is 0 Å². The summed E-state index contributed by atoms with van der Waals surface area (Å²) in [6.07, 6.45) is 0. The number of nitrogens with one attached hydrogen (secondary N) is 1. The molecule has 2 nitrogen and oxygen atoms in total. The van der Waals surface area contributed by atoms with Gasteiger partial charge in [0.2, 0.25) is 0 Å². The van der Waals surface area contributed by atoms with Crippen LogP contribution in [0.15, 0.2) is 39.3 Å². The number of benzene rings is 2. The van der Waals surface area contributed by atoms with Crippen molar-refractivity contribution in [3.8, 4) is 0 Å². The minimum absolute atomic E-state index is 0.100.